The zero-order chi connectivity index (χ0) is 19.0. The quantitative estimate of drug-likeness (QED) is 0.674. The summed E-state index contributed by atoms with van der Waals surface area (Å²) in [4.78, 5) is 18.7. The Morgan fingerprint density at radius 2 is 2.00 bits per heavy atom. The van der Waals surface area contributed by atoms with E-state index in [4.69, 9.17) is 20.9 Å². The molecule has 4 rings (SSSR count). The molecular formula is C20H18ClN3O3. The third kappa shape index (κ3) is 3.40. The van der Waals surface area contributed by atoms with E-state index >= 15 is 0 Å². The van der Waals surface area contributed by atoms with Crippen LogP contribution in [0.15, 0.2) is 47.0 Å². The Balaban J connectivity index is 1.54. The molecule has 27 heavy (non-hydrogen) atoms. The van der Waals surface area contributed by atoms with Gasteiger partial charge in [-0.05, 0) is 25.1 Å². The Morgan fingerprint density at radius 1 is 1.22 bits per heavy atom. The number of aryl methyl sites for hydroxylation is 1. The fraction of sp³-hybridized carbons (Fsp3) is 0.250. The van der Waals surface area contributed by atoms with Crippen molar-refractivity contribution in [1.82, 2.24) is 10.1 Å². The maximum absolute atomic E-state index is 12.5. The van der Waals surface area contributed by atoms with Crippen LogP contribution in [0.2, 0.25) is 5.02 Å². The summed E-state index contributed by atoms with van der Waals surface area (Å²) in [6.07, 6.45) is 0.319. The van der Waals surface area contributed by atoms with Gasteiger partial charge in [-0.3, -0.25) is 4.79 Å². The van der Waals surface area contributed by atoms with Crippen LogP contribution in [0.1, 0.15) is 23.8 Å². The van der Waals surface area contributed by atoms with Crippen LogP contribution in [0.3, 0.4) is 0 Å². The van der Waals surface area contributed by atoms with Gasteiger partial charge in [0.1, 0.15) is 5.75 Å². The molecule has 0 unspecified atom stereocenters. The molecule has 0 radical (unpaired) electrons. The fourth-order valence-corrected chi connectivity index (χ4v) is 3.42. The van der Waals surface area contributed by atoms with Gasteiger partial charge in [-0.2, -0.15) is 4.98 Å². The number of nitrogens with zero attached hydrogens (tertiary/aromatic N) is 3. The summed E-state index contributed by atoms with van der Waals surface area (Å²) in [5.41, 5.74) is 2.78. The number of hydrogen-bond donors (Lipinski definition) is 0. The minimum Gasteiger partial charge on any atom is -0.495 e. The zero-order valence-electron chi connectivity index (χ0n) is 15.0. The van der Waals surface area contributed by atoms with Gasteiger partial charge in [-0.25, -0.2) is 0 Å². The Hall–Kier alpha value is -2.86. The highest BCUT2D eigenvalue weighted by molar-refractivity contribution is 6.32. The van der Waals surface area contributed by atoms with Crippen LogP contribution in [0.4, 0.5) is 5.69 Å². The van der Waals surface area contributed by atoms with Gasteiger partial charge in [0.25, 0.3) is 0 Å². The second-order valence-electron chi connectivity index (χ2n) is 6.55. The van der Waals surface area contributed by atoms with Crippen LogP contribution in [0.25, 0.3) is 11.4 Å². The maximum atomic E-state index is 12.5. The molecule has 0 N–H and O–H groups in total. The standard InChI is InChI=1S/C20H18ClN3O3/c1-12-3-5-13(6-4-12)19-22-20(27-23-19)14-9-18(25)24(11-14)15-7-8-17(26-2)16(21)10-15/h3-8,10,14H,9,11H2,1-2H3/t14-/m1/s1. The number of benzene rings is 2. The fourth-order valence-electron chi connectivity index (χ4n) is 3.17. The molecule has 1 aliphatic rings. The lowest BCUT2D eigenvalue weighted by Crippen LogP contribution is -2.24. The molecule has 0 saturated carbocycles. The normalized spacial score (nSPS) is 16.8. The van der Waals surface area contributed by atoms with Crippen molar-refractivity contribution >= 4 is 23.2 Å². The highest BCUT2D eigenvalue weighted by atomic mass is 35.5. The van der Waals surface area contributed by atoms with Crippen molar-refractivity contribution in [3.8, 4) is 17.1 Å². The molecule has 0 bridgehead atoms. The predicted molar refractivity (Wildman–Crippen MR) is 102 cm³/mol. The van der Waals surface area contributed by atoms with Gasteiger partial charge in [0.05, 0.1) is 18.1 Å². The monoisotopic (exact) mass is 383 g/mol. The van der Waals surface area contributed by atoms with E-state index < -0.39 is 0 Å². The number of hydrogen-bond acceptors (Lipinski definition) is 5. The lowest BCUT2D eigenvalue weighted by molar-refractivity contribution is -0.117. The molecule has 3 aromatic rings. The second-order valence-corrected chi connectivity index (χ2v) is 6.95. The smallest absolute Gasteiger partial charge is 0.232 e. The average molecular weight is 384 g/mol. The molecule has 1 amide bonds. The van der Waals surface area contributed by atoms with E-state index in [0.717, 1.165) is 16.8 Å². The summed E-state index contributed by atoms with van der Waals surface area (Å²) in [6.45, 7) is 2.49. The van der Waals surface area contributed by atoms with Crippen LogP contribution in [0, 0.1) is 6.92 Å². The lowest BCUT2D eigenvalue weighted by atomic mass is 10.1. The van der Waals surface area contributed by atoms with Gasteiger partial charge in [0, 0.05) is 24.2 Å². The van der Waals surface area contributed by atoms with Crippen LogP contribution >= 0.6 is 11.6 Å². The van der Waals surface area contributed by atoms with Crippen molar-refractivity contribution < 1.29 is 14.1 Å². The number of anilines is 1. The number of aromatic nitrogens is 2. The third-order valence-corrected chi connectivity index (χ3v) is 4.97. The molecule has 2 heterocycles. The Morgan fingerprint density at radius 3 is 2.70 bits per heavy atom. The van der Waals surface area contributed by atoms with E-state index in [9.17, 15) is 4.79 Å². The number of ether oxygens (including phenoxy) is 1. The predicted octanol–water partition coefficient (Wildman–Crippen LogP) is 4.23. The first-order valence-electron chi connectivity index (χ1n) is 8.59. The lowest BCUT2D eigenvalue weighted by Gasteiger charge is -2.17. The summed E-state index contributed by atoms with van der Waals surface area (Å²) in [5, 5.41) is 4.53. The van der Waals surface area contributed by atoms with Crippen molar-refractivity contribution in [3.63, 3.8) is 0 Å². The van der Waals surface area contributed by atoms with Gasteiger partial charge >= 0.3 is 0 Å². The van der Waals surface area contributed by atoms with Crippen LogP contribution < -0.4 is 9.64 Å². The van der Waals surface area contributed by atoms with Gasteiger partial charge < -0.3 is 14.2 Å². The van der Waals surface area contributed by atoms with Crippen molar-refractivity contribution in [2.75, 3.05) is 18.6 Å². The summed E-state index contributed by atoms with van der Waals surface area (Å²) in [6, 6.07) is 13.2. The highest BCUT2D eigenvalue weighted by Crippen LogP contribution is 2.35. The SMILES string of the molecule is COc1ccc(N2C[C@H](c3nc(-c4ccc(C)cc4)no3)CC2=O)cc1Cl. The molecule has 138 valence electrons. The Kier molecular flexibility index (Phi) is 4.58. The first-order valence-corrected chi connectivity index (χ1v) is 8.97. The van der Waals surface area contributed by atoms with Crippen LogP contribution in [-0.4, -0.2) is 29.7 Å². The van der Waals surface area contributed by atoms with E-state index in [-0.39, 0.29) is 11.8 Å². The van der Waals surface area contributed by atoms with Crippen molar-refractivity contribution in [2.24, 2.45) is 0 Å². The molecule has 7 heteroatoms. The average Bonchev–Trinajstić information content (AvgIpc) is 3.29. The third-order valence-electron chi connectivity index (χ3n) is 4.67. The molecule has 0 spiro atoms. The summed E-state index contributed by atoms with van der Waals surface area (Å²) in [7, 11) is 1.55. The molecule has 1 aliphatic heterocycles. The Labute approximate surface area is 161 Å². The van der Waals surface area contributed by atoms with Gasteiger partial charge in [-0.15, -0.1) is 0 Å². The van der Waals surface area contributed by atoms with Crippen molar-refractivity contribution in [1.29, 1.82) is 0 Å². The van der Waals surface area contributed by atoms with Gasteiger partial charge in [-0.1, -0.05) is 46.6 Å². The molecule has 1 atom stereocenters. The molecular weight excluding hydrogens is 366 g/mol. The van der Waals surface area contributed by atoms with Crippen molar-refractivity contribution in [3.05, 3.63) is 58.9 Å². The van der Waals surface area contributed by atoms with Crippen molar-refractivity contribution in [2.45, 2.75) is 19.3 Å². The molecule has 0 aliphatic carbocycles. The molecule has 2 aromatic carbocycles. The first-order chi connectivity index (χ1) is 13.0. The molecule has 1 saturated heterocycles. The number of amides is 1. The molecule has 6 nitrogen and oxygen atoms in total. The van der Waals surface area contributed by atoms with E-state index in [1.54, 1.807) is 24.1 Å². The Bertz CT molecular complexity index is 984. The summed E-state index contributed by atoms with van der Waals surface area (Å²) in [5.74, 6) is 1.43. The van der Waals surface area contributed by atoms with Crippen LogP contribution in [-0.2, 0) is 4.79 Å². The topological polar surface area (TPSA) is 68.5 Å². The van der Waals surface area contributed by atoms with E-state index in [0.29, 0.717) is 35.5 Å². The van der Waals surface area contributed by atoms with E-state index in [2.05, 4.69) is 10.1 Å². The van der Waals surface area contributed by atoms with E-state index in [1.165, 1.54) is 0 Å². The highest BCUT2D eigenvalue weighted by Gasteiger charge is 2.35. The zero-order valence-corrected chi connectivity index (χ0v) is 15.7. The minimum absolute atomic E-state index is 0.00341. The number of carbonyl (C=O) groups excluding carboxylic acids is 1. The van der Waals surface area contributed by atoms with Gasteiger partial charge in [0.2, 0.25) is 17.6 Å². The second kappa shape index (κ2) is 7.04. The number of halogens is 1. The summed E-state index contributed by atoms with van der Waals surface area (Å²) >= 11 is 6.19. The summed E-state index contributed by atoms with van der Waals surface area (Å²) < 4.78 is 10.6. The molecule has 1 aromatic heterocycles. The number of methoxy groups -OCH3 is 1. The van der Waals surface area contributed by atoms with E-state index in [1.807, 2.05) is 37.3 Å². The number of rotatable bonds is 4. The number of carbonyl (C=O) groups is 1. The maximum Gasteiger partial charge on any atom is 0.232 e. The van der Waals surface area contributed by atoms with Gasteiger partial charge in [0.15, 0.2) is 0 Å². The van der Waals surface area contributed by atoms with Crippen LogP contribution in [0.5, 0.6) is 5.75 Å². The molecule has 1 fully saturated rings. The first kappa shape index (κ1) is 17.5. The minimum atomic E-state index is -0.148. The largest absolute Gasteiger partial charge is 0.495 e.